The highest BCUT2D eigenvalue weighted by molar-refractivity contribution is 7.12. The molecule has 2 nitrogen and oxygen atoms in total. The molecule has 2 unspecified atom stereocenters. The summed E-state index contributed by atoms with van der Waals surface area (Å²) in [4.78, 5) is 2.93. The van der Waals surface area contributed by atoms with E-state index in [0.717, 1.165) is 13.1 Å². The van der Waals surface area contributed by atoms with E-state index in [0.29, 0.717) is 12.1 Å². The second-order valence-electron chi connectivity index (χ2n) is 5.55. The Morgan fingerprint density at radius 2 is 1.14 bits per heavy atom. The smallest absolute Gasteiger partial charge is 0.0222 e. The SMILES string of the molecule is CCC(C)NCc1c(C)sc(C)c1CNC(C)CC.Cl.Cl. The van der Waals surface area contributed by atoms with Crippen molar-refractivity contribution in [2.24, 2.45) is 0 Å². The van der Waals surface area contributed by atoms with Crippen molar-refractivity contribution in [3.05, 3.63) is 20.9 Å². The van der Waals surface area contributed by atoms with Crippen LogP contribution in [0.1, 0.15) is 61.4 Å². The van der Waals surface area contributed by atoms with E-state index >= 15 is 0 Å². The zero-order valence-corrected chi connectivity index (χ0v) is 16.7. The maximum Gasteiger partial charge on any atom is 0.0222 e. The first kappa shape index (κ1) is 23.5. The molecule has 0 aliphatic heterocycles. The van der Waals surface area contributed by atoms with Crippen molar-refractivity contribution in [3.63, 3.8) is 0 Å². The van der Waals surface area contributed by atoms with E-state index in [-0.39, 0.29) is 24.8 Å². The van der Waals surface area contributed by atoms with Crippen LogP contribution in [-0.4, -0.2) is 12.1 Å². The Hall–Kier alpha value is 0.200. The minimum atomic E-state index is 0. The van der Waals surface area contributed by atoms with Crippen molar-refractivity contribution in [3.8, 4) is 0 Å². The van der Waals surface area contributed by atoms with Gasteiger partial charge >= 0.3 is 0 Å². The molecule has 0 spiro atoms. The van der Waals surface area contributed by atoms with E-state index in [9.17, 15) is 0 Å². The summed E-state index contributed by atoms with van der Waals surface area (Å²) in [6, 6.07) is 1.19. The third-order valence-electron chi connectivity index (χ3n) is 4.00. The van der Waals surface area contributed by atoms with Crippen molar-refractivity contribution >= 4 is 36.2 Å². The van der Waals surface area contributed by atoms with Gasteiger partial charge in [-0.2, -0.15) is 0 Å². The van der Waals surface area contributed by atoms with Gasteiger partial charge in [-0.15, -0.1) is 36.2 Å². The number of aryl methyl sites for hydroxylation is 2. The second-order valence-corrected chi connectivity index (χ2v) is 6.98. The predicted octanol–water partition coefficient (Wildman–Crippen LogP) is 4.98. The number of halogens is 2. The second kappa shape index (κ2) is 11.7. The standard InChI is InChI=1S/C16H30N2S.2ClH/c1-7-11(3)17-9-15-13(5)19-14(6)16(15)10-18-12(4)8-2;;/h11-12,17-18H,7-10H2,1-6H3;2*1H. The molecule has 0 amide bonds. The molecular formula is C16H32Cl2N2S. The Morgan fingerprint density at radius 3 is 1.43 bits per heavy atom. The van der Waals surface area contributed by atoms with Crippen LogP contribution >= 0.6 is 36.2 Å². The van der Waals surface area contributed by atoms with Crippen molar-refractivity contribution in [1.29, 1.82) is 0 Å². The van der Waals surface area contributed by atoms with Gasteiger partial charge < -0.3 is 10.6 Å². The van der Waals surface area contributed by atoms with E-state index in [2.05, 4.69) is 52.2 Å². The molecule has 0 aliphatic carbocycles. The third kappa shape index (κ3) is 7.34. The molecule has 21 heavy (non-hydrogen) atoms. The largest absolute Gasteiger partial charge is 0.310 e. The zero-order chi connectivity index (χ0) is 14.4. The maximum absolute atomic E-state index is 3.62. The van der Waals surface area contributed by atoms with Gasteiger partial charge in [-0.25, -0.2) is 0 Å². The monoisotopic (exact) mass is 354 g/mol. The summed E-state index contributed by atoms with van der Waals surface area (Å²) in [6.45, 7) is 15.5. The summed E-state index contributed by atoms with van der Waals surface area (Å²) in [6.07, 6.45) is 2.37. The lowest BCUT2D eigenvalue weighted by Crippen LogP contribution is -2.27. The first-order valence-electron chi connectivity index (χ1n) is 7.54. The van der Waals surface area contributed by atoms with Gasteiger partial charge in [-0.1, -0.05) is 13.8 Å². The lowest BCUT2D eigenvalue weighted by atomic mass is 10.1. The number of rotatable bonds is 8. The van der Waals surface area contributed by atoms with Gasteiger partial charge in [0.15, 0.2) is 0 Å². The van der Waals surface area contributed by atoms with Crippen LogP contribution in [0.4, 0.5) is 0 Å². The van der Waals surface area contributed by atoms with Gasteiger partial charge in [0.05, 0.1) is 0 Å². The van der Waals surface area contributed by atoms with Crippen molar-refractivity contribution in [2.75, 3.05) is 0 Å². The molecule has 0 fully saturated rings. The normalized spacial score (nSPS) is 13.2. The number of nitrogens with one attached hydrogen (secondary N) is 2. The summed E-state index contributed by atoms with van der Waals surface area (Å²) >= 11 is 1.93. The van der Waals surface area contributed by atoms with Crippen LogP contribution in [0, 0.1) is 13.8 Å². The molecule has 2 atom stereocenters. The van der Waals surface area contributed by atoms with Gasteiger partial charge in [0.1, 0.15) is 0 Å². The fourth-order valence-corrected chi connectivity index (χ4v) is 3.18. The molecule has 1 aromatic rings. The molecular weight excluding hydrogens is 323 g/mol. The Morgan fingerprint density at radius 1 is 0.810 bits per heavy atom. The maximum atomic E-state index is 3.62. The van der Waals surface area contributed by atoms with E-state index in [1.807, 2.05) is 11.3 Å². The van der Waals surface area contributed by atoms with E-state index in [1.54, 1.807) is 0 Å². The summed E-state index contributed by atoms with van der Waals surface area (Å²) in [7, 11) is 0. The fourth-order valence-electron chi connectivity index (χ4n) is 2.08. The zero-order valence-electron chi connectivity index (χ0n) is 14.2. The topological polar surface area (TPSA) is 24.1 Å². The van der Waals surface area contributed by atoms with Crippen LogP contribution in [0.2, 0.25) is 0 Å². The van der Waals surface area contributed by atoms with Crippen LogP contribution in [-0.2, 0) is 13.1 Å². The lowest BCUT2D eigenvalue weighted by Gasteiger charge is -2.15. The molecule has 5 heteroatoms. The van der Waals surface area contributed by atoms with Gasteiger partial charge in [0.25, 0.3) is 0 Å². The van der Waals surface area contributed by atoms with Crippen LogP contribution in [0.5, 0.6) is 0 Å². The minimum absolute atomic E-state index is 0. The first-order chi connectivity index (χ1) is 8.99. The predicted molar refractivity (Wildman–Crippen MR) is 101 cm³/mol. The molecule has 0 saturated carbocycles. The molecule has 0 aromatic carbocycles. The van der Waals surface area contributed by atoms with Crippen molar-refractivity contribution in [1.82, 2.24) is 10.6 Å². The summed E-state index contributed by atoms with van der Waals surface area (Å²) in [5, 5.41) is 7.25. The molecule has 0 radical (unpaired) electrons. The summed E-state index contributed by atoms with van der Waals surface area (Å²) < 4.78 is 0. The van der Waals surface area contributed by atoms with Gasteiger partial charge in [-0.3, -0.25) is 0 Å². The highest BCUT2D eigenvalue weighted by Gasteiger charge is 2.13. The van der Waals surface area contributed by atoms with Crippen LogP contribution in [0.15, 0.2) is 0 Å². The van der Waals surface area contributed by atoms with Crippen molar-refractivity contribution in [2.45, 2.75) is 79.6 Å². The highest BCUT2D eigenvalue weighted by atomic mass is 35.5. The van der Waals surface area contributed by atoms with E-state index < -0.39 is 0 Å². The quantitative estimate of drug-likeness (QED) is 0.687. The molecule has 1 rings (SSSR count). The Bertz CT molecular complexity index is 359. The molecule has 1 aromatic heterocycles. The van der Waals surface area contributed by atoms with Crippen molar-refractivity contribution < 1.29 is 0 Å². The summed E-state index contributed by atoms with van der Waals surface area (Å²) in [5.74, 6) is 0. The number of hydrogen-bond acceptors (Lipinski definition) is 3. The Labute approximate surface area is 147 Å². The van der Waals surface area contributed by atoms with Crippen LogP contribution in [0.3, 0.4) is 0 Å². The van der Waals surface area contributed by atoms with Gasteiger partial charge in [0.2, 0.25) is 0 Å². The number of hydrogen-bond donors (Lipinski definition) is 2. The molecule has 0 bridgehead atoms. The Kier molecular flexibility index (Phi) is 13.1. The lowest BCUT2D eigenvalue weighted by molar-refractivity contribution is 0.518. The minimum Gasteiger partial charge on any atom is -0.310 e. The van der Waals surface area contributed by atoms with Crippen LogP contribution < -0.4 is 10.6 Å². The molecule has 1 heterocycles. The average Bonchev–Trinajstić information content (AvgIpc) is 2.67. The molecule has 2 N–H and O–H groups in total. The third-order valence-corrected chi connectivity index (χ3v) is 5.10. The summed E-state index contributed by atoms with van der Waals surface area (Å²) in [5.41, 5.74) is 3.03. The van der Waals surface area contributed by atoms with Gasteiger partial charge in [-0.05, 0) is 51.7 Å². The molecule has 0 aliphatic rings. The fraction of sp³-hybridized carbons (Fsp3) is 0.750. The van der Waals surface area contributed by atoms with E-state index in [4.69, 9.17) is 0 Å². The average molecular weight is 355 g/mol. The highest BCUT2D eigenvalue weighted by Crippen LogP contribution is 2.27. The first-order valence-corrected chi connectivity index (χ1v) is 8.35. The number of thiophene rings is 1. The van der Waals surface area contributed by atoms with Crippen LogP contribution in [0.25, 0.3) is 0 Å². The molecule has 0 saturated heterocycles. The van der Waals surface area contributed by atoms with E-state index in [1.165, 1.54) is 33.7 Å². The Balaban J connectivity index is 0. The van der Waals surface area contributed by atoms with Gasteiger partial charge in [0, 0.05) is 34.9 Å². The molecule has 126 valence electrons.